The van der Waals surface area contributed by atoms with Gasteiger partial charge in [0.2, 0.25) is 5.91 Å². The van der Waals surface area contributed by atoms with Crippen molar-refractivity contribution in [3.63, 3.8) is 0 Å². The Morgan fingerprint density at radius 1 is 1.02 bits per heavy atom. The molecule has 3 heterocycles. The van der Waals surface area contributed by atoms with Gasteiger partial charge in [-0.2, -0.15) is 0 Å². The Morgan fingerprint density at radius 3 is 2.38 bits per heavy atom. The SMILES string of the molecule is CC(C)(Oc1cccc(N2CCCC(C(=O)N(Cc3ccc(Br)cc3)C3CC3)C2)c1)C(=O)N1CC2(CN(C(=O)O)C2)C1. The van der Waals surface area contributed by atoms with E-state index in [1.54, 1.807) is 18.7 Å². The number of amides is 3. The molecule has 4 aliphatic rings. The quantitative estimate of drug-likeness (QED) is 0.445. The van der Waals surface area contributed by atoms with Crippen molar-refractivity contribution in [1.29, 1.82) is 0 Å². The van der Waals surface area contributed by atoms with Gasteiger partial charge in [-0.3, -0.25) is 9.59 Å². The minimum atomic E-state index is -1.06. The Bertz CT molecular complexity index is 1350. The van der Waals surface area contributed by atoms with Crippen LogP contribution in [0.4, 0.5) is 10.5 Å². The maximum atomic E-state index is 13.8. The van der Waals surface area contributed by atoms with Crippen LogP contribution in [-0.2, 0) is 16.1 Å². The number of hydrogen-bond donors (Lipinski definition) is 1. The van der Waals surface area contributed by atoms with Gasteiger partial charge in [-0.1, -0.05) is 34.1 Å². The number of benzene rings is 2. The van der Waals surface area contributed by atoms with E-state index < -0.39 is 11.7 Å². The van der Waals surface area contributed by atoms with Crippen molar-refractivity contribution >= 4 is 39.5 Å². The third-order valence-corrected chi connectivity index (χ3v) is 9.57. The summed E-state index contributed by atoms with van der Waals surface area (Å²) >= 11 is 3.50. The highest BCUT2D eigenvalue weighted by atomic mass is 79.9. The summed E-state index contributed by atoms with van der Waals surface area (Å²) in [5, 5.41) is 9.12. The van der Waals surface area contributed by atoms with Crippen LogP contribution >= 0.6 is 15.9 Å². The van der Waals surface area contributed by atoms with Crippen molar-refractivity contribution in [3.05, 3.63) is 58.6 Å². The third kappa shape index (κ3) is 5.96. The normalized spacial score (nSPS) is 21.4. The fourth-order valence-electron chi connectivity index (χ4n) is 6.68. The van der Waals surface area contributed by atoms with Crippen molar-refractivity contribution in [1.82, 2.24) is 14.7 Å². The van der Waals surface area contributed by atoms with Gasteiger partial charge < -0.3 is 29.4 Å². The number of carbonyl (C=O) groups excluding carboxylic acids is 2. The minimum Gasteiger partial charge on any atom is -0.478 e. The van der Waals surface area contributed by atoms with Crippen LogP contribution in [0.1, 0.15) is 45.1 Å². The maximum absolute atomic E-state index is 13.8. The number of likely N-dealkylation sites (tertiary alicyclic amines) is 2. The van der Waals surface area contributed by atoms with Crippen LogP contribution in [0.2, 0.25) is 0 Å². The molecule has 0 bridgehead atoms. The Morgan fingerprint density at radius 2 is 1.71 bits per heavy atom. The number of carbonyl (C=O) groups is 3. The van der Waals surface area contributed by atoms with E-state index in [9.17, 15) is 14.4 Å². The van der Waals surface area contributed by atoms with E-state index in [0.29, 0.717) is 51.1 Å². The summed E-state index contributed by atoms with van der Waals surface area (Å²) in [6.07, 6.45) is 3.08. The Hall–Kier alpha value is -3.27. The zero-order valence-corrected chi connectivity index (χ0v) is 25.9. The number of carboxylic acid groups (broad SMARTS) is 1. The first-order valence-corrected chi connectivity index (χ1v) is 15.7. The topological polar surface area (TPSA) is 93.6 Å². The number of anilines is 1. The van der Waals surface area contributed by atoms with Crippen molar-refractivity contribution < 1.29 is 24.2 Å². The van der Waals surface area contributed by atoms with E-state index in [1.165, 1.54) is 4.90 Å². The van der Waals surface area contributed by atoms with E-state index in [2.05, 4.69) is 37.9 Å². The van der Waals surface area contributed by atoms with Gasteiger partial charge in [0.15, 0.2) is 5.60 Å². The highest BCUT2D eigenvalue weighted by Gasteiger charge is 2.56. The Balaban J connectivity index is 1.07. The van der Waals surface area contributed by atoms with Crippen LogP contribution < -0.4 is 9.64 Å². The highest BCUT2D eigenvalue weighted by Crippen LogP contribution is 2.41. The van der Waals surface area contributed by atoms with Gasteiger partial charge >= 0.3 is 6.09 Å². The van der Waals surface area contributed by atoms with Crippen LogP contribution in [0.3, 0.4) is 0 Å². The summed E-state index contributed by atoms with van der Waals surface area (Å²) in [7, 11) is 0. The second-order valence-corrected chi connectivity index (χ2v) is 13.9. The molecule has 0 aromatic heterocycles. The molecular formula is C32H39BrN4O5. The second-order valence-electron chi connectivity index (χ2n) is 13.0. The van der Waals surface area contributed by atoms with E-state index in [-0.39, 0.29) is 23.1 Å². The lowest BCUT2D eigenvalue weighted by molar-refractivity contribution is -0.168. The zero-order chi connectivity index (χ0) is 29.6. The molecule has 42 heavy (non-hydrogen) atoms. The molecule has 0 radical (unpaired) electrons. The van der Waals surface area contributed by atoms with Crippen LogP contribution in [0.25, 0.3) is 0 Å². The Labute approximate surface area is 255 Å². The molecule has 2 aromatic carbocycles. The van der Waals surface area contributed by atoms with E-state index in [1.807, 2.05) is 36.4 Å². The van der Waals surface area contributed by atoms with Gasteiger partial charge in [0.25, 0.3) is 5.91 Å². The summed E-state index contributed by atoms with van der Waals surface area (Å²) < 4.78 is 7.29. The van der Waals surface area contributed by atoms with E-state index in [0.717, 1.165) is 48.0 Å². The molecule has 1 spiro atoms. The Kier molecular flexibility index (Phi) is 7.62. The molecule has 6 rings (SSSR count). The standard InChI is InChI=1S/C32H39BrN4O5/c1-31(2,29(39)35-18-32(19-35)20-36(21-32)30(40)41)42-27-7-3-6-26(15-27)34-14-4-5-23(17-34)28(38)37(25-12-13-25)16-22-8-10-24(33)11-9-22/h3,6-11,15,23,25H,4-5,12-14,16-21H2,1-2H3,(H,40,41). The number of hydrogen-bond acceptors (Lipinski definition) is 5. The van der Waals surface area contributed by atoms with Gasteiger partial charge in [0.1, 0.15) is 5.75 Å². The lowest BCUT2D eigenvalue weighted by Crippen LogP contribution is -2.75. The van der Waals surface area contributed by atoms with E-state index >= 15 is 0 Å². The fraction of sp³-hybridized carbons (Fsp3) is 0.531. The number of piperidine rings is 1. The molecular weight excluding hydrogens is 600 g/mol. The summed E-state index contributed by atoms with van der Waals surface area (Å²) in [6.45, 7) is 7.84. The van der Waals surface area contributed by atoms with Crippen LogP contribution in [-0.4, -0.2) is 88.6 Å². The molecule has 10 heteroatoms. The maximum Gasteiger partial charge on any atom is 0.407 e. The summed E-state index contributed by atoms with van der Waals surface area (Å²) in [4.78, 5) is 45.7. The zero-order valence-electron chi connectivity index (χ0n) is 24.3. The predicted octanol–water partition coefficient (Wildman–Crippen LogP) is 4.84. The first-order chi connectivity index (χ1) is 20.0. The van der Waals surface area contributed by atoms with Gasteiger partial charge in [-0.05, 0) is 69.4 Å². The van der Waals surface area contributed by atoms with Gasteiger partial charge in [0.05, 0.1) is 5.92 Å². The van der Waals surface area contributed by atoms with Crippen LogP contribution in [0, 0.1) is 11.3 Å². The van der Waals surface area contributed by atoms with Crippen molar-refractivity contribution in [3.8, 4) is 5.75 Å². The monoisotopic (exact) mass is 638 g/mol. The molecule has 224 valence electrons. The average Bonchev–Trinajstić information content (AvgIpc) is 3.76. The van der Waals surface area contributed by atoms with Crippen LogP contribution in [0.5, 0.6) is 5.75 Å². The number of rotatable bonds is 8. The average molecular weight is 640 g/mol. The van der Waals surface area contributed by atoms with Crippen molar-refractivity contribution in [2.45, 2.75) is 57.7 Å². The van der Waals surface area contributed by atoms with Crippen molar-refractivity contribution in [2.75, 3.05) is 44.2 Å². The smallest absolute Gasteiger partial charge is 0.407 e. The van der Waals surface area contributed by atoms with Gasteiger partial charge in [0, 0.05) is 73.5 Å². The second kappa shape index (κ2) is 11.1. The lowest BCUT2D eigenvalue weighted by atomic mass is 9.72. The molecule has 2 aromatic rings. The first kappa shape index (κ1) is 28.8. The largest absolute Gasteiger partial charge is 0.478 e. The molecule has 1 unspecified atom stereocenters. The summed E-state index contributed by atoms with van der Waals surface area (Å²) in [5.74, 6) is 0.709. The van der Waals surface area contributed by atoms with Crippen LogP contribution in [0.15, 0.2) is 53.0 Å². The van der Waals surface area contributed by atoms with Crippen molar-refractivity contribution in [2.24, 2.45) is 11.3 Å². The van der Waals surface area contributed by atoms with Gasteiger partial charge in [-0.15, -0.1) is 0 Å². The fourth-order valence-corrected chi connectivity index (χ4v) is 6.94. The molecule has 3 amide bonds. The molecule has 1 saturated carbocycles. The number of ether oxygens (including phenoxy) is 1. The number of halogens is 1. The molecule has 4 fully saturated rings. The molecule has 3 saturated heterocycles. The highest BCUT2D eigenvalue weighted by molar-refractivity contribution is 9.10. The third-order valence-electron chi connectivity index (χ3n) is 9.04. The number of nitrogens with zero attached hydrogens (tertiary/aromatic N) is 4. The minimum absolute atomic E-state index is 0.0558. The molecule has 1 atom stereocenters. The van der Waals surface area contributed by atoms with E-state index in [4.69, 9.17) is 9.84 Å². The summed E-state index contributed by atoms with van der Waals surface area (Å²) in [5.41, 5.74) is 0.982. The lowest BCUT2D eigenvalue weighted by Gasteiger charge is -2.60. The molecule has 1 aliphatic carbocycles. The predicted molar refractivity (Wildman–Crippen MR) is 162 cm³/mol. The summed E-state index contributed by atoms with van der Waals surface area (Å²) in [6, 6.07) is 16.4. The first-order valence-electron chi connectivity index (χ1n) is 14.9. The van der Waals surface area contributed by atoms with Gasteiger partial charge in [-0.25, -0.2) is 4.79 Å². The molecule has 9 nitrogen and oxygen atoms in total. The molecule has 3 aliphatic heterocycles. The molecule has 1 N–H and O–H groups in total.